The van der Waals surface area contributed by atoms with Crippen molar-refractivity contribution >= 4 is 0 Å². The Morgan fingerprint density at radius 2 is 1.75 bits per heavy atom. The summed E-state index contributed by atoms with van der Waals surface area (Å²) >= 11 is 0. The maximum absolute atomic E-state index is 10.8. The highest BCUT2D eigenvalue weighted by atomic mass is 16.3. The van der Waals surface area contributed by atoms with Crippen LogP contribution in [0.25, 0.3) is 0 Å². The van der Waals surface area contributed by atoms with Crippen LogP contribution in [0.15, 0.2) is 24.3 Å². The van der Waals surface area contributed by atoms with Crippen molar-refractivity contribution in [2.45, 2.75) is 76.4 Å². The van der Waals surface area contributed by atoms with Crippen LogP contribution in [0.5, 0.6) is 0 Å². The summed E-state index contributed by atoms with van der Waals surface area (Å²) in [6, 6.07) is 8.21. The fourth-order valence-corrected chi connectivity index (χ4v) is 3.28. The molecule has 0 spiro atoms. The van der Waals surface area contributed by atoms with Crippen LogP contribution in [0.2, 0.25) is 0 Å². The summed E-state index contributed by atoms with van der Waals surface area (Å²) < 4.78 is 0. The molecule has 0 aromatic heterocycles. The van der Waals surface area contributed by atoms with E-state index in [0.29, 0.717) is 6.42 Å². The minimum Gasteiger partial charge on any atom is -0.390 e. The SMILES string of the molecule is CCC(O)(CC)Cc1cccc(C2(O)CCCCC2)c1. The van der Waals surface area contributed by atoms with Gasteiger partial charge < -0.3 is 10.2 Å². The zero-order valence-electron chi connectivity index (χ0n) is 12.9. The molecule has 2 N–H and O–H groups in total. The van der Waals surface area contributed by atoms with Gasteiger partial charge in [-0.1, -0.05) is 57.4 Å². The Hall–Kier alpha value is -0.860. The first-order chi connectivity index (χ1) is 9.51. The van der Waals surface area contributed by atoms with E-state index in [1.54, 1.807) is 0 Å². The van der Waals surface area contributed by atoms with Crippen LogP contribution in [0.3, 0.4) is 0 Å². The Balaban J connectivity index is 2.19. The van der Waals surface area contributed by atoms with E-state index in [2.05, 4.69) is 12.1 Å². The second kappa shape index (κ2) is 6.28. The van der Waals surface area contributed by atoms with Crippen LogP contribution in [-0.4, -0.2) is 15.8 Å². The lowest BCUT2D eigenvalue weighted by Gasteiger charge is -2.33. The molecule has 0 aliphatic heterocycles. The van der Waals surface area contributed by atoms with E-state index in [1.165, 1.54) is 6.42 Å². The Morgan fingerprint density at radius 1 is 1.10 bits per heavy atom. The van der Waals surface area contributed by atoms with E-state index in [-0.39, 0.29) is 0 Å². The van der Waals surface area contributed by atoms with Gasteiger partial charge in [0.25, 0.3) is 0 Å². The summed E-state index contributed by atoms with van der Waals surface area (Å²) in [4.78, 5) is 0. The number of hydrogen-bond donors (Lipinski definition) is 2. The van der Waals surface area contributed by atoms with Crippen molar-refractivity contribution in [2.24, 2.45) is 0 Å². The molecular weight excluding hydrogens is 248 g/mol. The van der Waals surface area contributed by atoms with E-state index in [4.69, 9.17) is 0 Å². The predicted molar refractivity (Wildman–Crippen MR) is 82.7 cm³/mol. The van der Waals surface area contributed by atoms with Gasteiger partial charge in [-0.15, -0.1) is 0 Å². The molecule has 1 aromatic carbocycles. The van der Waals surface area contributed by atoms with Crippen molar-refractivity contribution in [3.05, 3.63) is 35.4 Å². The molecule has 0 bridgehead atoms. The third-order valence-electron chi connectivity index (χ3n) is 4.99. The molecule has 0 heterocycles. The van der Waals surface area contributed by atoms with Crippen molar-refractivity contribution in [3.8, 4) is 0 Å². The third kappa shape index (κ3) is 3.42. The van der Waals surface area contributed by atoms with Gasteiger partial charge in [0.15, 0.2) is 0 Å². The highest BCUT2D eigenvalue weighted by Crippen LogP contribution is 2.37. The van der Waals surface area contributed by atoms with Crippen molar-refractivity contribution in [1.29, 1.82) is 0 Å². The molecule has 2 nitrogen and oxygen atoms in total. The minimum absolute atomic E-state index is 0.617. The van der Waals surface area contributed by atoms with E-state index in [0.717, 1.165) is 49.7 Å². The van der Waals surface area contributed by atoms with E-state index >= 15 is 0 Å². The van der Waals surface area contributed by atoms with Crippen molar-refractivity contribution in [1.82, 2.24) is 0 Å². The van der Waals surface area contributed by atoms with Crippen LogP contribution in [0.1, 0.15) is 69.9 Å². The molecule has 1 aliphatic rings. The molecule has 2 heteroatoms. The number of aliphatic hydroxyl groups is 2. The standard InChI is InChI=1S/C18H28O2/c1-3-17(19,4-2)14-15-9-8-10-16(13-15)18(20)11-6-5-7-12-18/h8-10,13,19-20H,3-7,11-12,14H2,1-2H3. The molecule has 1 fully saturated rings. The largest absolute Gasteiger partial charge is 0.390 e. The second-order valence-corrected chi connectivity index (χ2v) is 6.40. The quantitative estimate of drug-likeness (QED) is 0.855. The zero-order chi connectivity index (χ0) is 14.6. The summed E-state index contributed by atoms with van der Waals surface area (Å²) in [7, 11) is 0. The van der Waals surface area contributed by atoms with Gasteiger partial charge in [0.2, 0.25) is 0 Å². The normalized spacial score (nSPS) is 19.0. The topological polar surface area (TPSA) is 40.5 Å². The molecule has 0 radical (unpaired) electrons. The Labute approximate surface area is 122 Å². The van der Waals surface area contributed by atoms with Gasteiger partial charge in [0, 0.05) is 6.42 Å². The highest BCUT2D eigenvalue weighted by Gasteiger charge is 2.31. The average Bonchev–Trinajstić information content (AvgIpc) is 2.48. The first-order valence-electron chi connectivity index (χ1n) is 8.05. The van der Waals surface area contributed by atoms with Crippen LogP contribution in [0, 0.1) is 0 Å². The van der Waals surface area contributed by atoms with Gasteiger partial charge in [-0.05, 0) is 36.8 Å². The van der Waals surface area contributed by atoms with Crippen molar-refractivity contribution in [3.63, 3.8) is 0 Å². The summed E-state index contributed by atoms with van der Waals surface area (Å²) in [5, 5.41) is 21.3. The molecule has 1 saturated carbocycles. The van der Waals surface area contributed by atoms with Crippen molar-refractivity contribution < 1.29 is 10.2 Å². The molecule has 0 amide bonds. The lowest BCUT2D eigenvalue weighted by Crippen LogP contribution is -2.31. The Bertz CT molecular complexity index is 429. The van der Waals surface area contributed by atoms with Crippen LogP contribution < -0.4 is 0 Å². The number of benzene rings is 1. The number of rotatable bonds is 5. The lowest BCUT2D eigenvalue weighted by atomic mass is 9.78. The highest BCUT2D eigenvalue weighted by molar-refractivity contribution is 5.29. The van der Waals surface area contributed by atoms with E-state index < -0.39 is 11.2 Å². The maximum Gasteiger partial charge on any atom is 0.0896 e. The second-order valence-electron chi connectivity index (χ2n) is 6.40. The van der Waals surface area contributed by atoms with Gasteiger partial charge in [0.05, 0.1) is 11.2 Å². The first kappa shape index (κ1) is 15.5. The molecule has 20 heavy (non-hydrogen) atoms. The molecular formula is C18H28O2. The lowest BCUT2D eigenvalue weighted by molar-refractivity contribution is -0.00102. The van der Waals surface area contributed by atoms with Crippen LogP contribution in [0.4, 0.5) is 0 Å². The molecule has 0 atom stereocenters. The smallest absolute Gasteiger partial charge is 0.0896 e. The van der Waals surface area contributed by atoms with Gasteiger partial charge in [-0.25, -0.2) is 0 Å². The molecule has 0 saturated heterocycles. The summed E-state index contributed by atoms with van der Waals surface area (Å²) in [5.41, 5.74) is 0.899. The predicted octanol–water partition coefficient (Wildman–Crippen LogP) is 3.93. The van der Waals surface area contributed by atoms with E-state index in [1.807, 2.05) is 26.0 Å². The first-order valence-corrected chi connectivity index (χ1v) is 8.05. The fourth-order valence-electron chi connectivity index (χ4n) is 3.28. The monoisotopic (exact) mass is 276 g/mol. The van der Waals surface area contributed by atoms with Crippen LogP contribution >= 0.6 is 0 Å². The minimum atomic E-state index is -0.648. The Morgan fingerprint density at radius 3 is 2.35 bits per heavy atom. The molecule has 2 rings (SSSR count). The van der Waals surface area contributed by atoms with Gasteiger partial charge >= 0.3 is 0 Å². The summed E-state index contributed by atoms with van der Waals surface area (Å²) in [5.74, 6) is 0. The fraction of sp³-hybridized carbons (Fsp3) is 0.667. The molecule has 1 aromatic rings. The third-order valence-corrected chi connectivity index (χ3v) is 4.99. The van der Waals surface area contributed by atoms with Gasteiger partial charge in [0.1, 0.15) is 0 Å². The van der Waals surface area contributed by atoms with Gasteiger partial charge in [-0.2, -0.15) is 0 Å². The Kier molecular flexibility index (Phi) is 4.87. The van der Waals surface area contributed by atoms with Crippen LogP contribution in [-0.2, 0) is 12.0 Å². The van der Waals surface area contributed by atoms with Gasteiger partial charge in [-0.3, -0.25) is 0 Å². The summed E-state index contributed by atoms with van der Waals surface area (Å²) in [6.07, 6.45) is 7.36. The maximum atomic E-state index is 10.8. The zero-order valence-corrected chi connectivity index (χ0v) is 12.9. The van der Waals surface area contributed by atoms with E-state index in [9.17, 15) is 10.2 Å². The molecule has 1 aliphatic carbocycles. The average molecular weight is 276 g/mol. The molecule has 0 unspecified atom stereocenters. The molecule has 112 valence electrons. The summed E-state index contributed by atoms with van der Waals surface area (Å²) in [6.45, 7) is 4.06. The number of hydrogen-bond acceptors (Lipinski definition) is 2. The van der Waals surface area contributed by atoms with Crippen molar-refractivity contribution in [2.75, 3.05) is 0 Å².